The van der Waals surface area contributed by atoms with Crippen molar-refractivity contribution in [3.05, 3.63) is 42.0 Å². The summed E-state index contributed by atoms with van der Waals surface area (Å²) in [6.45, 7) is 0. The first-order valence-corrected chi connectivity index (χ1v) is 6.82. The first kappa shape index (κ1) is 11.0. The van der Waals surface area contributed by atoms with E-state index in [1.54, 1.807) is 0 Å². The Hall–Kier alpha value is -1.08. The van der Waals surface area contributed by atoms with Crippen LogP contribution in [0.4, 0.5) is 0 Å². The number of hydrogen-bond acceptors (Lipinski definition) is 1. The largest absolute Gasteiger partial charge is 0.365 e. The Morgan fingerprint density at radius 2 is 1.76 bits per heavy atom. The molecule has 0 radical (unpaired) electrons. The van der Waals surface area contributed by atoms with Crippen molar-refractivity contribution >= 4 is 6.08 Å². The molecule has 1 heterocycles. The summed E-state index contributed by atoms with van der Waals surface area (Å²) in [6.07, 6.45) is 12.3. The van der Waals surface area contributed by atoms with E-state index in [4.69, 9.17) is 4.74 Å². The molecule has 1 saturated carbocycles. The molecule has 1 aromatic rings. The van der Waals surface area contributed by atoms with E-state index in [2.05, 4.69) is 42.5 Å². The normalized spacial score (nSPS) is 29.6. The van der Waals surface area contributed by atoms with Crippen LogP contribution in [0.2, 0.25) is 0 Å². The molecular weight excluding hydrogens is 208 g/mol. The molecule has 2 aliphatic rings. The van der Waals surface area contributed by atoms with Crippen LogP contribution in [0.3, 0.4) is 0 Å². The van der Waals surface area contributed by atoms with Crippen molar-refractivity contribution in [2.45, 2.75) is 44.3 Å². The van der Waals surface area contributed by atoms with Gasteiger partial charge < -0.3 is 4.74 Å². The van der Waals surface area contributed by atoms with Crippen LogP contribution in [0.25, 0.3) is 6.08 Å². The quantitative estimate of drug-likeness (QED) is 0.711. The van der Waals surface area contributed by atoms with Crippen LogP contribution >= 0.6 is 0 Å². The van der Waals surface area contributed by atoms with Crippen LogP contribution in [0, 0.1) is 5.92 Å². The third-order valence-corrected chi connectivity index (χ3v) is 3.95. The van der Waals surface area contributed by atoms with Gasteiger partial charge in [0.1, 0.15) is 6.10 Å². The molecule has 1 aromatic carbocycles. The van der Waals surface area contributed by atoms with Crippen LogP contribution < -0.4 is 0 Å². The summed E-state index contributed by atoms with van der Waals surface area (Å²) >= 11 is 0. The lowest BCUT2D eigenvalue weighted by molar-refractivity contribution is 0.264. The summed E-state index contributed by atoms with van der Waals surface area (Å²) in [5.74, 6) is 0.828. The van der Waals surface area contributed by atoms with Crippen molar-refractivity contribution in [3.63, 3.8) is 0 Å². The molecule has 0 aromatic heterocycles. The molecule has 90 valence electrons. The van der Waals surface area contributed by atoms with E-state index in [0.29, 0.717) is 12.2 Å². The Bertz CT molecular complexity index is 376. The Labute approximate surface area is 103 Å². The van der Waals surface area contributed by atoms with Gasteiger partial charge in [0, 0.05) is 0 Å². The first-order chi connectivity index (χ1) is 8.43. The van der Waals surface area contributed by atoms with Gasteiger partial charge in [0.2, 0.25) is 0 Å². The van der Waals surface area contributed by atoms with Crippen molar-refractivity contribution in [1.82, 2.24) is 0 Å². The van der Waals surface area contributed by atoms with Gasteiger partial charge in [-0.3, -0.25) is 0 Å². The molecule has 2 fully saturated rings. The summed E-state index contributed by atoms with van der Waals surface area (Å²) in [4.78, 5) is 0. The Balaban J connectivity index is 1.53. The maximum atomic E-state index is 5.79. The van der Waals surface area contributed by atoms with Crippen LogP contribution in [0.1, 0.15) is 37.7 Å². The highest BCUT2D eigenvalue weighted by molar-refractivity contribution is 5.50. The molecule has 17 heavy (non-hydrogen) atoms. The fourth-order valence-electron chi connectivity index (χ4n) is 2.90. The monoisotopic (exact) mass is 228 g/mol. The molecule has 0 spiro atoms. The minimum absolute atomic E-state index is 0.387. The fourth-order valence-corrected chi connectivity index (χ4v) is 2.90. The summed E-state index contributed by atoms with van der Waals surface area (Å²) in [7, 11) is 0. The topological polar surface area (TPSA) is 12.5 Å². The van der Waals surface area contributed by atoms with E-state index in [-0.39, 0.29) is 0 Å². The van der Waals surface area contributed by atoms with E-state index < -0.39 is 0 Å². The van der Waals surface area contributed by atoms with Gasteiger partial charge in [0.05, 0.1) is 6.10 Å². The van der Waals surface area contributed by atoms with E-state index >= 15 is 0 Å². The van der Waals surface area contributed by atoms with E-state index in [0.717, 1.165) is 5.92 Å². The maximum Gasteiger partial charge on any atom is 0.103 e. The highest BCUT2D eigenvalue weighted by Gasteiger charge is 2.42. The van der Waals surface area contributed by atoms with Gasteiger partial charge in [-0.05, 0) is 24.3 Å². The molecule has 2 unspecified atom stereocenters. The first-order valence-electron chi connectivity index (χ1n) is 6.82. The number of ether oxygens (including phenoxy) is 1. The molecule has 3 rings (SSSR count). The molecule has 0 amide bonds. The van der Waals surface area contributed by atoms with Crippen LogP contribution in [-0.2, 0) is 4.74 Å². The molecule has 0 N–H and O–H groups in total. The highest BCUT2D eigenvalue weighted by Crippen LogP contribution is 2.39. The van der Waals surface area contributed by atoms with Crippen molar-refractivity contribution < 1.29 is 4.74 Å². The zero-order valence-electron chi connectivity index (χ0n) is 10.2. The second-order valence-electron chi connectivity index (χ2n) is 5.23. The molecule has 1 heteroatoms. The van der Waals surface area contributed by atoms with Crippen LogP contribution in [0.5, 0.6) is 0 Å². The average molecular weight is 228 g/mol. The van der Waals surface area contributed by atoms with Crippen LogP contribution in [0.15, 0.2) is 36.4 Å². The molecule has 1 aliphatic carbocycles. The SMILES string of the molecule is C(=CC1OC1C1CCCCC1)c1ccccc1. The van der Waals surface area contributed by atoms with Crippen molar-refractivity contribution in [2.24, 2.45) is 5.92 Å². The molecular formula is C16H20O. The predicted molar refractivity (Wildman–Crippen MR) is 70.7 cm³/mol. The summed E-state index contributed by atoms with van der Waals surface area (Å²) in [5.41, 5.74) is 1.27. The fraction of sp³-hybridized carbons (Fsp3) is 0.500. The predicted octanol–water partition coefficient (Wildman–Crippen LogP) is 4.05. The van der Waals surface area contributed by atoms with Crippen molar-refractivity contribution in [2.75, 3.05) is 0 Å². The number of benzene rings is 1. The minimum Gasteiger partial charge on any atom is -0.365 e. The van der Waals surface area contributed by atoms with Gasteiger partial charge in [0.15, 0.2) is 0 Å². The molecule has 1 nitrogen and oxygen atoms in total. The minimum atomic E-state index is 0.387. The zero-order valence-corrected chi connectivity index (χ0v) is 10.2. The lowest BCUT2D eigenvalue weighted by Crippen LogP contribution is -2.13. The van der Waals surface area contributed by atoms with Crippen molar-refractivity contribution in [1.29, 1.82) is 0 Å². The molecule has 1 aliphatic heterocycles. The molecule has 1 saturated heterocycles. The summed E-state index contributed by atoms with van der Waals surface area (Å²) < 4.78 is 5.79. The van der Waals surface area contributed by atoms with E-state index in [9.17, 15) is 0 Å². The van der Waals surface area contributed by atoms with Gasteiger partial charge in [0.25, 0.3) is 0 Å². The molecule has 0 bridgehead atoms. The Kier molecular flexibility index (Phi) is 3.28. The Morgan fingerprint density at radius 3 is 2.53 bits per heavy atom. The van der Waals surface area contributed by atoms with Crippen molar-refractivity contribution in [3.8, 4) is 0 Å². The third-order valence-electron chi connectivity index (χ3n) is 3.95. The van der Waals surface area contributed by atoms with Gasteiger partial charge in [-0.2, -0.15) is 0 Å². The lowest BCUT2D eigenvalue weighted by atomic mass is 9.86. The number of epoxide rings is 1. The Morgan fingerprint density at radius 1 is 1.00 bits per heavy atom. The maximum absolute atomic E-state index is 5.79. The summed E-state index contributed by atoms with van der Waals surface area (Å²) in [6, 6.07) is 10.5. The number of rotatable bonds is 3. The lowest BCUT2D eigenvalue weighted by Gasteiger charge is -2.19. The standard InChI is InChI=1S/C16H20O/c1-3-7-13(8-4-1)11-12-15-16(17-15)14-9-5-2-6-10-14/h1,3-4,7-8,11-12,14-16H,2,5-6,9-10H2. The highest BCUT2D eigenvalue weighted by atomic mass is 16.6. The third kappa shape index (κ3) is 2.78. The van der Waals surface area contributed by atoms with E-state index in [1.165, 1.54) is 37.7 Å². The van der Waals surface area contributed by atoms with Gasteiger partial charge in [-0.15, -0.1) is 0 Å². The smallest absolute Gasteiger partial charge is 0.103 e. The summed E-state index contributed by atoms with van der Waals surface area (Å²) in [5, 5.41) is 0. The van der Waals surface area contributed by atoms with Gasteiger partial charge in [-0.1, -0.05) is 61.7 Å². The average Bonchev–Trinajstić information content (AvgIpc) is 3.18. The van der Waals surface area contributed by atoms with Gasteiger partial charge in [-0.25, -0.2) is 0 Å². The zero-order chi connectivity index (χ0) is 11.5. The van der Waals surface area contributed by atoms with Crippen LogP contribution in [-0.4, -0.2) is 12.2 Å². The second kappa shape index (κ2) is 5.05. The second-order valence-corrected chi connectivity index (χ2v) is 5.23. The molecule has 2 atom stereocenters. The number of hydrogen-bond donors (Lipinski definition) is 0. The van der Waals surface area contributed by atoms with E-state index in [1.807, 2.05) is 0 Å². The van der Waals surface area contributed by atoms with Gasteiger partial charge >= 0.3 is 0 Å².